The average molecular weight is 223 g/mol. The van der Waals surface area contributed by atoms with Gasteiger partial charge >= 0.3 is 5.97 Å². The normalized spacial score (nSPS) is 10.7. The molecule has 0 unspecified atom stereocenters. The van der Waals surface area contributed by atoms with Gasteiger partial charge in [-0.2, -0.15) is 0 Å². The van der Waals surface area contributed by atoms with Crippen LogP contribution < -0.4 is 0 Å². The van der Waals surface area contributed by atoms with E-state index in [1.54, 1.807) is 12.4 Å². The van der Waals surface area contributed by atoms with Crippen molar-refractivity contribution in [1.29, 1.82) is 0 Å². The number of carboxylic acid groups (broad SMARTS) is 1. The van der Waals surface area contributed by atoms with Crippen LogP contribution in [-0.2, 0) is 11.2 Å². The van der Waals surface area contributed by atoms with E-state index in [0.717, 1.165) is 9.84 Å². The van der Waals surface area contributed by atoms with Gasteiger partial charge in [0.2, 0.25) is 0 Å². The molecular weight excluding hydrogens is 214 g/mol. The number of carboxylic acids is 1. The van der Waals surface area contributed by atoms with E-state index in [2.05, 4.69) is 15.0 Å². The molecule has 0 aliphatic heterocycles. The van der Waals surface area contributed by atoms with Gasteiger partial charge in [0, 0.05) is 25.2 Å². The van der Waals surface area contributed by atoms with Crippen molar-refractivity contribution in [2.75, 3.05) is 0 Å². The van der Waals surface area contributed by atoms with E-state index >= 15 is 0 Å². The molecule has 0 atom stereocenters. The lowest BCUT2D eigenvalue weighted by molar-refractivity contribution is -0.137. The quantitative estimate of drug-likeness (QED) is 0.849. The molecule has 0 aliphatic carbocycles. The molecule has 0 aliphatic rings. The maximum atomic E-state index is 10.3. The molecule has 2 aromatic rings. The Hall–Kier alpha value is -1.56. The molecule has 0 bridgehead atoms. The summed E-state index contributed by atoms with van der Waals surface area (Å²) < 4.78 is 0. The molecule has 78 valence electrons. The van der Waals surface area contributed by atoms with Gasteiger partial charge in [-0.25, -0.2) is 15.0 Å². The molecule has 2 aromatic heterocycles. The highest BCUT2D eigenvalue weighted by Crippen LogP contribution is 2.18. The Bertz CT molecular complexity index is 450. The number of thiazole rings is 1. The number of hydrogen-bond donors (Lipinski definition) is 1. The number of fused-ring (bicyclic) bond motifs is 1. The zero-order valence-electron chi connectivity index (χ0n) is 7.88. The van der Waals surface area contributed by atoms with Gasteiger partial charge in [-0.15, -0.1) is 0 Å². The first kappa shape index (κ1) is 9.97. The van der Waals surface area contributed by atoms with Crippen LogP contribution in [0.25, 0.3) is 10.5 Å². The van der Waals surface area contributed by atoms with Crippen LogP contribution >= 0.6 is 11.3 Å². The van der Waals surface area contributed by atoms with Crippen molar-refractivity contribution >= 4 is 27.8 Å². The predicted molar refractivity (Wildman–Crippen MR) is 55.8 cm³/mol. The van der Waals surface area contributed by atoms with Crippen molar-refractivity contribution in [2.45, 2.75) is 19.3 Å². The standard InChI is InChI=1S/C9H9N3O2S/c13-7(14)3-1-2-6-12-8-9(15-6)11-5-4-10-8/h4-5H,1-3H2,(H,13,14). The van der Waals surface area contributed by atoms with Gasteiger partial charge in [-0.05, 0) is 6.42 Å². The first-order chi connectivity index (χ1) is 7.25. The largest absolute Gasteiger partial charge is 0.481 e. The predicted octanol–water partition coefficient (Wildman–Crippen LogP) is 1.49. The van der Waals surface area contributed by atoms with Crippen LogP contribution in [0.15, 0.2) is 12.4 Å². The third-order valence-electron chi connectivity index (χ3n) is 1.87. The van der Waals surface area contributed by atoms with E-state index in [9.17, 15) is 4.79 Å². The van der Waals surface area contributed by atoms with Gasteiger partial charge in [0.05, 0.1) is 5.01 Å². The number of aryl methyl sites for hydroxylation is 1. The van der Waals surface area contributed by atoms with Crippen molar-refractivity contribution in [3.8, 4) is 0 Å². The molecule has 0 fully saturated rings. The lowest BCUT2D eigenvalue weighted by Crippen LogP contribution is -1.95. The van der Waals surface area contributed by atoms with E-state index in [4.69, 9.17) is 5.11 Å². The minimum Gasteiger partial charge on any atom is -0.481 e. The Labute approximate surface area is 89.8 Å². The zero-order chi connectivity index (χ0) is 10.7. The number of nitrogens with zero attached hydrogens (tertiary/aromatic N) is 3. The summed E-state index contributed by atoms with van der Waals surface area (Å²) in [6.45, 7) is 0. The Kier molecular flexibility index (Phi) is 2.86. The molecule has 15 heavy (non-hydrogen) atoms. The monoisotopic (exact) mass is 223 g/mol. The highest BCUT2D eigenvalue weighted by molar-refractivity contribution is 7.18. The van der Waals surface area contributed by atoms with Crippen molar-refractivity contribution in [3.05, 3.63) is 17.4 Å². The fraction of sp³-hybridized carbons (Fsp3) is 0.333. The molecule has 0 spiro atoms. The first-order valence-electron chi connectivity index (χ1n) is 4.54. The lowest BCUT2D eigenvalue weighted by Gasteiger charge is -1.91. The molecule has 0 amide bonds. The maximum absolute atomic E-state index is 10.3. The average Bonchev–Trinajstić information content (AvgIpc) is 2.59. The molecule has 0 saturated heterocycles. The molecule has 0 aromatic carbocycles. The van der Waals surface area contributed by atoms with Gasteiger partial charge in [-0.1, -0.05) is 11.3 Å². The number of carbonyl (C=O) groups is 1. The summed E-state index contributed by atoms with van der Waals surface area (Å²) in [5.41, 5.74) is 0.646. The summed E-state index contributed by atoms with van der Waals surface area (Å²) in [5, 5.41) is 9.39. The highest BCUT2D eigenvalue weighted by Gasteiger charge is 2.05. The van der Waals surface area contributed by atoms with Crippen LogP contribution in [0.1, 0.15) is 17.8 Å². The summed E-state index contributed by atoms with van der Waals surface area (Å²) in [6.07, 6.45) is 4.69. The van der Waals surface area contributed by atoms with Crippen molar-refractivity contribution in [1.82, 2.24) is 15.0 Å². The summed E-state index contributed by atoms with van der Waals surface area (Å²) in [5.74, 6) is -0.771. The van der Waals surface area contributed by atoms with Crippen molar-refractivity contribution < 1.29 is 9.90 Å². The van der Waals surface area contributed by atoms with Crippen LogP contribution in [-0.4, -0.2) is 26.0 Å². The van der Waals surface area contributed by atoms with Gasteiger partial charge in [0.1, 0.15) is 0 Å². The second kappa shape index (κ2) is 4.31. The Morgan fingerprint density at radius 3 is 2.93 bits per heavy atom. The Morgan fingerprint density at radius 2 is 2.20 bits per heavy atom. The van der Waals surface area contributed by atoms with E-state index in [-0.39, 0.29) is 6.42 Å². The smallest absolute Gasteiger partial charge is 0.303 e. The molecule has 0 radical (unpaired) electrons. The van der Waals surface area contributed by atoms with Crippen LogP contribution in [0.2, 0.25) is 0 Å². The minimum absolute atomic E-state index is 0.177. The zero-order valence-corrected chi connectivity index (χ0v) is 8.70. The molecule has 2 rings (SSSR count). The summed E-state index contributed by atoms with van der Waals surface area (Å²) in [7, 11) is 0. The van der Waals surface area contributed by atoms with E-state index in [0.29, 0.717) is 18.5 Å². The number of aliphatic carboxylic acids is 1. The first-order valence-corrected chi connectivity index (χ1v) is 5.35. The van der Waals surface area contributed by atoms with Crippen LogP contribution in [0.4, 0.5) is 0 Å². The van der Waals surface area contributed by atoms with E-state index in [1.165, 1.54) is 11.3 Å². The van der Waals surface area contributed by atoms with Gasteiger partial charge in [-0.3, -0.25) is 4.79 Å². The summed E-state index contributed by atoms with van der Waals surface area (Å²) >= 11 is 1.47. The third kappa shape index (κ3) is 2.47. The topological polar surface area (TPSA) is 76.0 Å². The highest BCUT2D eigenvalue weighted by atomic mass is 32.1. The molecule has 5 nitrogen and oxygen atoms in total. The number of hydrogen-bond acceptors (Lipinski definition) is 5. The van der Waals surface area contributed by atoms with Crippen LogP contribution in [0.3, 0.4) is 0 Å². The summed E-state index contributed by atoms with van der Waals surface area (Å²) in [6, 6.07) is 0. The minimum atomic E-state index is -0.771. The molecular formula is C9H9N3O2S. The van der Waals surface area contributed by atoms with Crippen LogP contribution in [0.5, 0.6) is 0 Å². The van der Waals surface area contributed by atoms with Crippen molar-refractivity contribution in [2.24, 2.45) is 0 Å². The summed E-state index contributed by atoms with van der Waals surface area (Å²) in [4.78, 5) is 23.6. The molecule has 0 saturated carbocycles. The number of rotatable bonds is 4. The molecule has 2 heterocycles. The second-order valence-electron chi connectivity index (χ2n) is 3.04. The van der Waals surface area contributed by atoms with Gasteiger partial charge in [0.15, 0.2) is 10.5 Å². The van der Waals surface area contributed by atoms with Crippen LogP contribution in [0, 0.1) is 0 Å². The van der Waals surface area contributed by atoms with Gasteiger partial charge < -0.3 is 5.11 Å². The fourth-order valence-corrected chi connectivity index (χ4v) is 2.12. The third-order valence-corrected chi connectivity index (χ3v) is 2.89. The van der Waals surface area contributed by atoms with Gasteiger partial charge in [0.25, 0.3) is 0 Å². The Balaban J connectivity index is 2.05. The SMILES string of the molecule is O=C(O)CCCc1nc2nccnc2s1. The lowest BCUT2D eigenvalue weighted by atomic mass is 10.2. The second-order valence-corrected chi connectivity index (χ2v) is 4.10. The van der Waals surface area contributed by atoms with E-state index in [1.807, 2.05) is 0 Å². The van der Waals surface area contributed by atoms with Crippen molar-refractivity contribution in [3.63, 3.8) is 0 Å². The molecule has 6 heteroatoms. The number of aromatic nitrogens is 3. The fourth-order valence-electron chi connectivity index (χ4n) is 1.22. The Morgan fingerprint density at radius 1 is 1.40 bits per heavy atom. The maximum Gasteiger partial charge on any atom is 0.303 e. The van der Waals surface area contributed by atoms with E-state index < -0.39 is 5.97 Å². The molecule has 1 N–H and O–H groups in total.